The minimum atomic E-state index is -3.84. The van der Waals surface area contributed by atoms with Crippen LogP contribution in [0.5, 0.6) is 0 Å². The molecule has 1 unspecified atom stereocenters. The zero-order valence-electron chi connectivity index (χ0n) is 18.1. The van der Waals surface area contributed by atoms with Gasteiger partial charge in [0.2, 0.25) is 21.8 Å². The van der Waals surface area contributed by atoms with Crippen LogP contribution in [0.25, 0.3) is 0 Å². The van der Waals surface area contributed by atoms with E-state index < -0.39 is 27.8 Å². The molecule has 2 atom stereocenters. The molecular weight excluding hydrogens is 437 g/mol. The Kier molecular flexibility index (Phi) is 7.68. The molecule has 2 heterocycles. The minimum absolute atomic E-state index is 0.00434. The topological polar surface area (TPSA) is 109 Å². The van der Waals surface area contributed by atoms with E-state index in [4.69, 9.17) is 4.42 Å². The Morgan fingerprint density at radius 1 is 1.22 bits per heavy atom. The third-order valence-corrected chi connectivity index (χ3v) is 7.35. The Hall–Kier alpha value is -2.72. The molecule has 8 nitrogen and oxygen atoms in total. The van der Waals surface area contributed by atoms with Gasteiger partial charge in [0.05, 0.1) is 23.6 Å². The van der Waals surface area contributed by atoms with Crippen LogP contribution < -0.4 is 10.6 Å². The molecule has 174 valence electrons. The lowest BCUT2D eigenvalue weighted by Gasteiger charge is -2.32. The van der Waals surface area contributed by atoms with Gasteiger partial charge in [0.1, 0.15) is 17.6 Å². The standard InChI is InChI=1S/C22H28FN3O5S/c1-15(2)20(22(28)24-13-18-6-4-12-31-18)25-21(27)16-5-3-11-26(14-16)32(29,30)19-9-7-17(23)8-10-19/h4,6-10,12,15-16,20H,3,5,11,13-14H2,1-2H3,(H,24,28)(H,25,27)/t16?,20-/m0/s1. The maximum absolute atomic E-state index is 13.2. The van der Waals surface area contributed by atoms with Crippen molar-refractivity contribution in [1.29, 1.82) is 0 Å². The number of piperidine rings is 1. The van der Waals surface area contributed by atoms with Gasteiger partial charge in [-0.15, -0.1) is 0 Å². The Labute approximate surface area is 187 Å². The number of sulfonamides is 1. The van der Waals surface area contributed by atoms with E-state index in [-0.39, 0.29) is 42.3 Å². The van der Waals surface area contributed by atoms with E-state index in [1.165, 1.54) is 22.7 Å². The highest BCUT2D eigenvalue weighted by atomic mass is 32.2. The van der Waals surface area contributed by atoms with Crippen molar-refractivity contribution in [3.63, 3.8) is 0 Å². The van der Waals surface area contributed by atoms with Crippen LogP contribution in [-0.4, -0.2) is 43.7 Å². The van der Waals surface area contributed by atoms with E-state index in [2.05, 4.69) is 10.6 Å². The Morgan fingerprint density at radius 3 is 2.56 bits per heavy atom. The van der Waals surface area contributed by atoms with E-state index in [1.807, 2.05) is 13.8 Å². The van der Waals surface area contributed by atoms with Crippen LogP contribution in [0.1, 0.15) is 32.4 Å². The van der Waals surface area contributed by atoms with E-state index in [1.54, 1.807) is 12.1 Å². The molecule has 2 aromatic rings. The Bertz CT molecular complexity index is 1020. The maximum atomic E-state index is 13.2. The normalized spacial score (nSPS) is 18.3. The summed E-state index contributed by atoms with van der Waals surface area (Å²) in [6.07, 6.45) is 2.54. The lowest BCUT2D eigenvalue weighted by Crippen LogP contribution is -2.53. The molecular formula is C22H28FN3O5S. The van der Waals surface area contributed by atoms with Gasteiger partial charge in [-0.1, -0.05) is 13.8 Å². The van der Waals surface area contributed by atoms with Crippen LogP contribution in [0.4, 0.5) is 4.39 Å². The zero-order chi connectivity index (χ0) is 23.3. The highest BCUT2D eigenvalue weighted by Gasteiger charge is 2.35. The summed E-state index contributed by atoms with van der Waals surface area (Å²) in [7, 11) is -3.84. The molecule has 1 aromatic heterocycles. The van der Waals surface area contributed by atoms with Crippen molar-refractivity contribution in [3.05, 3.63) is 54.2 Å². The fourth-order valence-electron chi connectivity index (χ4n) is 3.63. The summed E-state index contributed by atoms with van der Waals surface area (Å²) in [6, 6.07) is 7.31. The average molecular weight is 466 g/mol. The number of furan rings is 1. The number of carbonyl (C=O) groups excluding carboxylic acids is 2. The molecule has 0 bridgehead atoms. The van der Waals surface area contributed by atoms with Gasteiger partial charge >= 0.3 is 0 Å². The second-order valence-corrected chi connectivity index (χ2v) is 10.1. The summed E-state index contributed by atoms with van der Waals surface area (Å²) < 4.78 is 45.4. The largest absolute Gasteiger partial charge is 0.467 e. The first-order valence-corrected chi connectivity index (χ1v) is 12.0. The van der Waals surface area contributed by atoms with Crippen molar-refractivity contribution >= 4 is 21.8 Å². The number of amides is 2. The average Bonchev–Trinajstić information content (AvgIpc) is 3.29. The van der Waals surface area contributed by atoms with Crippen LogP contribution in [0.15, 0.2) is 52.0 Å². The maximum Gasteiger partial charge on any atom is 0.243 e. The van der Waals surface area contributed by atoms with E-state index in [0.29, 0.717) is 18.6 Å². The van der Waals surface area contributed by atoms with Gasteiger partial charge in [-0.3, -0.25) is 9.59 Å². The van der Waals surface area contributed by atoms with Gasteiger partial charge in [-0.25, -0.2) is 12.8 Å². The smallest absolute Gasteiger partial charge is 0.243 e. The predicted octanol–water partition coefficient (Wildman–Crippen LogP) is 2.28. The molecule has 0 spiro atoms. The van der Waals surface area contributed by atoms with Gasteiger partial charge in [0, 0.05) is 13.1 Å². The van der Waals surface area contributed by atoms with Gasteiger partial charge < -0.3 is 15.1 Å². The first kappa shape index (κ1) is 23.9. The lowest BCUT2D eigenvalue weighted by molar-refractivity contribution is -0.132. The van der Waals surface area contributed by atoms with Crippen molar-refractivity contribution in [3.8, 4) is 0 Å². The van der Waals surface area contributed by atoms with Crippen molar-refractivity contribution in [2.45, 2.75) is 44.2 Å². The van der Waals surface area contributed by atoms with Crippen LogP contribution in [-0.2, 0) is 26.2 Å². The fourth-order valence-corrected chi connectivity index (χ4v) is 5.16. The number of hydrogen-bond acceptors (Lipinski definition) is 5. The number of benzene rings is 1. The number of hydrogen-bond donors (Lipinski definition) is 2. The molecule has 1 aliphatic heterocycles. The molecule has 1 fully saturated rings. The molecule has 1 aromatic carbocycles. The Balaban J connectivity index is 1.63. The summed E-state index contributed by atoms with van der Waals surface area (Å²) in [6.45, 7) is 4.14. The fraction of sp³-hybridized carbons (Fsp3) is 0.455. The summed E-state index contributed by atoms with van der Waals surface area (Å²) >= 11 is 0. The number of rotatable bonds is 8. The monoisotopic (exact) mass is 465 g/mol. The molecule has 32 heavy (non-hydrogen) atoms. The summed E-state index contributed by atoms with van der Waals surface area (Å²) in [5.41, 5.74) is 0. The van der Waals surface area contributed by atoms with Crippen LogP contribution in [0.3, 0.4) is 0 Å². The summed E-state index contributed by atoms with van der Waals surface area (Å²) in [5.74, 6) is -1.38. The highest BCUT2D eigenvalue weighted by Crippen LogP contribution is 2.24. The van der Waals surface area contributed by atoms with Crippen LogP contribution in [0.2, 0.25) is 0 Å². The van der Waals surface area contributed by atoms with Crippen molar-refractivity contribution in [2.75, 3.05) is 13.1 Å². The Morgan fingerprint density at radius 2 is 1.94 bits per heavy atom. The first-order valence-electron chi connectivity index (χ1n) is 10.5. The molecule has 0 aliphatic carbocycles. The highest BCUT2D eigenvalue weighted by molar-refractivity contribution is 7.89. The molecule has 2 N–H and O–H groups in total. The SMILES string of the molecule is CC(C)[C@H](NC(=O)C1CCCN(S(=O)(=O)c2ccc(F)cc2)C1)C(=O)NCc1ccco1. The van der Waals surface area contributed by atoms with Crippen molar-refractivity contribution < 1.29 is 26.8 Å². The minimum Gasteiger partial charge on any atom is -0.467 e. The second-order valence-electron chi connectivity index (χ2n) is 8.18. The van der Waals surface area contributed by atoms with Crippen LogP contribution in [0, 0.1) is 17.7 Å². The number of halogens is 1. The van der Waals surface area contributed by atoms with Crippen LogP contribution >= 0.6 is 0 Å². The lowest BCUT2D eigenvalue weighted by atomic mass is 9.96. The van der Waals surface area contributed by atoms with Gasteiger partial charge in [0.15, 0.2) is 0 Å². The number of nitrogens with zero attached hydrogens (tertiary/aromatic N) is 1. The first-order chi connectivity index (χ1) is 15.2. The predicted molar refractivity (Wildman–Crippen MR) is 115 cm³/mol. The third kappa shape index (κ3) is 5.74. The third-order valence-electron chi connectivity index (χ3n) is 5.47. The summed E-state index contributed by atoms with van der Waals surface area (Å²) in [5, 5.41) is 5.53. The molecule has 2 amide bonds. The van der Waals surface area contributed by atoms with E-state index in [0.717, 1.165) is 12.1 Å². The second kappa shape index (κ2) is 10.3. The number of carbonyl (C=O) groups is 2. The van der Waals surface area contributed by atoms with Gasteiger partial charge in [-0.05, 0) is 55.2 Å². The molecule has 10 heteroatoms. The quantitative estimate of drug-likeness (QED) is 0.622. The zero-order valence-corrected chi connectivity index (χ0v) is 18.9. The number of nitrogens with one attached hydrogen (secondary N) is 2. The summed E-state index contributed by atoms with van der Waals surface area (Å²) in [4.78, 5) is 25.5. The molecule has 3 rings (SSSR count). The molecule has 0 radical (unpaired) electrons. The van der Waals surface area contributed by atoms with Crippen molar-refractivity contribution in [1.82, 2.24) is 14.9 Å². The van der Waals surface area contributed by atoms with E-state index in [9.17, 15) is 22.4 Å². The molecule has 1 aliphatic rings. The molecule has 0 saturated carbocycles. The van der Waals surface area contributed by atoms with Crippen molar-refractivity contribution in [2.24, 2.45) is 11.8 Å². The van der Waals surface area contributed by atoms with Gasteiger partial charge in [-0.2, -0.15) is 4.31 Å². The van der Waals surface area contributed by atoms with E-state index >= 15 is 0 Å². The molecule has 1 saturated heterocycles. The van der Waals surface area contributed by atoms with Gasteiger partial charge in [0.25, 0.3) is 0 Å².